The van der Waals surface area contributed by atoms with Gasteiger partial charge in [0.25, 0.3) is 0 Å². The summed E-state index contributed by atoms with van der Waals surface area (Å²) in [4.78, 5) is 0. The Kier molecular flexibility index (Phi) is 17.1. The van der Waals surface area contributed by atoms with Gasteiger partial charge in [0.05, 0.1) is 19.8 Å². The van der Waals surface area contributed by atoms with Crippen molar-refractivity contribution in [2.24, 2.45) is 17.2 Å². The molecule has 126 valence electrons. The Morgan fingerprint density at radius 2 is 1.29 bits per heavy atom. The monoisotopic (exact) mass is 303 g/mol. The van der Waals surface area contributed by atoms with Crippen LogP contribution in [0, 0.1) is 0 Å². The predicted molar refractivity (Wildman–Crippen MR) is 86.2 cm³/mol. The number of hydrogen-bond acceptors (Lipinski definition) is 6. The minimum absolute atomic E-state index is 0.596. The molecule has 21 heavy (non-hydrogen) atoms. The minimum Gasteiger partial charge on any atom is -0.381 e. The summed E-state index contributed by atoms with van der Waals surface area (Å²) in [6.07, 6.45) is 5.60. The van der Waals surface area contributed by atoms with Crippen molar-refractivity contribution in [2.45, 2.75) is 25.7 Å². The second-order valence-corrected chi connectivity index (χ2v) is 4.78. The van der Waals surface area contributed by atoms with E-state index in [1.807, 2.05) is 0 Å². The molecule has 0 amide bonds. The van der Waals surface area contributed by atoms with E-state index >= 15 is 0 Å². The maximum atomic E-state index is 5.59. The third-order valence-corrected chi connectivity index (χ3v) is 2.82. The van der Waals surface area contributed by atoms with E-state index in [2.05, 4.69) is 6.08 Å². The average Bonchev–Trinajstić information content (AvgIpc) is 2.50. The van der Waals surface area contributed by atoms with Crippen LogP contribution in [0.5, 0.6) is 0 Å². The summed E-state index contributed by atoms with van der Waals surface area (Å²) in [6.45, 7) is 5.98. The standard InChI is InChI=1S/C15H33N3O3/c16-6-1-9-19-12-4-15(14-21-11-3-8-18)5-13-20-10-2-7-17/h4H,1-3,5-14,16-18H2/b15-4+. The van der Waals surface area contributed by atoms with Crippen LogP contribution in [0.3, 0.4) is 0 Å². The van der Waals surface area contributed by atoms with E-state index in [0.717, 1.165) is 25.7 Å². The Bertz CT molecular complexity index is 238. The second-order valence-electron chi connectivity index (χ2n) is 4.78. The zero-order valence-corrected chi connectivity index (χ0v) is 13.2. The Morgan fingerprint density at radius 1 is 0.714 bits per heavy atom. The van der Waals surface area contributed by atoms with Crippen molar-refractivity contribution in [3.8, 4) is 0 Å². The van der Waals surface area contributed by atoms with Gasteiger partial charge in [-0.25, -0.2) is 0 Å². The largest absolute Gasteiger partial charge is 0.381 e. The van der Waals surface area contributed by atoms with Gasteiger partial charge in [0.1, 0.15) is 0 Å². The fraction of sp³-hybridized carbons (Fsp3) is 0.867. The smallest absolute Gasteiger partial charge is 0.0678 e. The van der Waals surface area contributed by atoms with Crippen molar-refractivity contribution in [3.05, 3.63) is 11.6 Å². The van der Waals surface area contributed by atoms with Gasteiger partial charge >= 0.3 is 0 Å². The zero-order chi connectivity index (χ0) is 15.6. The van der Waals surface area contributed by atoms with Gasteiger partial charge < -0.3 is 31.4 Å². The van der Waals surface area contributed by atoms with Gasteiger partial charge in [-0.05, 0) is 50.9 Å². The van der Waals surface area contributed by atoms with Crippen LogP contribution >= 0.6 is 0 Å². The first-order valence-electron chi connectivity index (χ1n) is 7.86. The van der Waals surface area contributed by atoms with Crippen LogP contribution in [0.25, 0.3) is 0 Å². The first-order valence-corrected chi connectivity index (χ1v) is 7.86. The Labute approximate surface area is 129 Å². The van der Waals surface area contributed by atoms with E-state index in [-0.39, 0.29) is 0 Å². The molecule has 6 N–H and O–H groups in total. The molecule has 0 aromatic carbocycles. The van der Waals surface area contributed by atoms with E-state index in [9.17, 15) is 0 Å². The SMILES string of the molecule is NCCCOC/C=C(\CCOCCCN)COCCCN. The molecule has 0 spiro atoms. The Morgan fingerprint density at radius 3 is 1.90 bits per heavy atom. The molecule has 6 nitrogen and oxygen atoms in total. The topological polar surface area (TPSA) is 106 Å². The van der Waals surface area contributed by atoms with E-state index in [1.54, 1.807) is 0 Å². The van der Waals surface area contributed by atoms with E-state index in [0.29, 0.717) is 59.3 Å². The third kappa shape index (κ3) is 15.7. The highest BCUT2D eigenvalue weighted by atomic mass is 16.5. The molecule has 0 aliphatic heterocycles. The molecule has 0 atom stereocenters. The lowest BCUT2D eigenvalue weighted by atomic mass is 10.2. The van der Waals surface area contributed by atoms with E-state index in [1.165, 1.54) is 5.57 Å². The summed E-state index contributed by atoms with van der Waals surface area (Å²) in [6, 6.07) is 0. The van der Waals surface area contributed by atoms with Crippen molar-refractivity contribution in [2.75, 3.05) is 59.3 Å². The molecular formula is C15H33N3O3. The van der Waals surface area contributed by atoms with Crippen LogP contribution in [0.15, 0.2) is 11.6 Å². The molecule has 0 aliphatic rings. The quantitative estimate of drug-likeness (QED) is 0.281. The average molecular weight is 303 g/mol. The lowest BCUT2D eigenvalue weighted by Crippen LogP contribution is -2.10. The lowest BCUT2D eigenvalue weighted by Gasteiger charge is -2.10. The molecule has 0 unspecified atom stereocenters. The molecule has 0 aliphatic carbocycles. The molecule has 0 heterocycles. The highest BCUT2D eigenvalue weighted by molar-refractivity contribution is 5.02. The molecule has 0 saturated heterocycles. The molecule has 0 fully saturated rings. The number of ether oxygens (including phenoxy) is 3. The van der Waals surface area contributed by atoms with Gasteiger partial charge in [-0.3, -0.25) is 0 Å². The Hall–Kier alpha value is -0.500. The predicted octanol–water partition coefficient (Wildman–Crippen LogP) is 0.399. The minimum atomic E-state index is 0.596. The van der Waals surface area contributed by atoms with Crippen LogP contribution < -0.4 is 17.2 Å². The van der Waals surface area contributed by atoms with Crippen LogP contribution in [0.2, 0.25) is 0 Å². The van der Waals surface area contributed by atoms with Crippen molar-refractivity contribution in [1.29, 1.82) is 0 Å². The van der Waals surface area contributed by atoms with Crippen molar-refractivity contribution >= 4 is 0 Å². The molecule has 6 heteroatoms. The van der Waals surface area contributed by atoms with Crippen LogP contribution in [-0.4, -0.2) is 59.3 Å². The summed E-state index contributed by atoms with van der Waals surface area (Å²) in [7, 11) is 0. The zero-order valence-electron chi connectivity index (χ0n) is 13.2. The molecule has 0 aromatic heterocycles. The number of nitrogens with two attached hydrogens (primary N) is 3. The maximum Gasteiger partial charge on any atom is 0.0678 e. The fourth-order valence-electron chi connectivity index (χ4n) is 1.56. The molecule has 0 radical (unpaired) electrons. The van der Waals surface area contributed by atoms with Crippen LogP contribution in [0.1, 0.15) is 25.7 Å². The highest BCUT2D eigenvalue weighted by Gasteiger charge is 1.99. The maximum absolute atomic E-state index is 5.59. The normalized spacial score (nSPS) is 12.0. The van der Waals surface area contributed by atoms with Crippen molar-refractivity contribution < 1.29 is 14.2 Å². The molecular weight excluding hydrogens is 270 g/mol. The lowest BCUT2D eigenvalue weighted by molar-refractivity contribution is 0.121. The summed E-state index contributed by atoms with van der Waals surface area (Å²) in [5.41, 5.74) is 17.5. The van der Waals surface area contributed by atoms with E-state index < -0.39 is 0 Å². The second kappa shape index (κ2) is 17.6. The summed E-state index contributed by atoms with van der Waals surface area (Å²) in [5.74, 6) is 0. The van der Waals surface area contributed by atoms with Crippen molar-refractivity contribution in [1.82, 2.24) is 0 Å². The van der Waals surface area contributed by atoms with Crippen LogP contribution in [0.4, 0.5) is 0 Å². The van der Waals surface area contributed by atoms with E-state index in [4.69, 9.17) is 31.4 Å². The third-order valence-electron chi connectivity index (χ3n) is 2.82. The van der Waals surface area contributed by atoms with Gasteiger partial charge in [0, 0.05) is 19.8 Å². The van der Waals surface area contributed by atoms with Gasteiger partial charge in [-0.1, -0.05) is 6.08 Å². The van der Waals surface area contributed by atoms with Crippen LogP contribution in [-0.2, 0) is 14.2 Å². The summed E-state index contributed by atoms with van der Waals surface area (Å²) in [5, 5.41) is 0. The fourth-order valence-corrected chi connectivity index (χ4v) is 1.56. The number of rotatable bonds is 16. The first-order chi connectivity index (χ1) is 10.3. The van der Waals surface area contributed by atoms with Gasteiger partial charge in [0.2, 0.25) is 0 Å². The first kappa shape index (κ1) is 20.5. The van der Waals surface area contributed by atoms with Crippen molar-refractivity contribution in [3.63, 3.8) is 0 Å². The molecule has 0 rings (SSSR count). The van der Waals surface area contributed by atoms with Gasteiger partial charge in [0.15, 0.2) is 0 Å². The molecule has 0 saturated carbocycles. The molecule has 0 bridgehead atoms. The highest BCUT2D eigenvalue weighted by Crippen LogP contribution is 2.04. The number of hydrogen-bond donors (Lipinski definition) is 3. The van der Waals surface area contributed by atoms with Gasteiger partial charge in [-0.2, -0.15) is 0 Å². The summed E-state index contributed by atoms with van der Waals surface area (Å²) < 4.78 is 16.6. The Balaban J connectivity index is 3.86. The molecule has 0 aromatic rings. The van der Waals surface area contributed by atoms with Gasteiger partial charge in [-0.15, -0.1) is 0 Å². The summed E-state index contributed by atoms with van der Waals surface area (Å²) >= 11 is 0.